The highest BCUT2D eigenvalue weighted by molar-refractivity contribution is 6.03. The van der Waals surface area contributed by atoms with Crippen molar-refractivity contribution in [2.45, 2.75) is 19.9 Å². The van der Waals surface area contributed by atoms with Gasteiger partial charge in [-0.1, -0.05) is 19.9 Å². The van der Waals surface area contributed by atoms with Gasteiger partial charge in [-0.15, -0.1) is 12.4 Å². The van der Waals surface area contributed by atoms with Gasteiger partial charge in [0.1, 0.15) is 5.75 Å². The van der Waals surface area contributed by atoms with Crippen LogP contribution in [0.25, 0.3) is 6.08 Å². The van der Waals surface area contributed by atoms with E-state index in [1.165, 1.54) is 48.6 Å². The zero-order valence-electron chi connectivity index (χ0n) is 15.9. The SMILES string of the molecule is CC(C)[C@H](N)C(=O)Nc1cc(NC(=O)/C=C/c2ccc(O)c(O)c2)ccc1O.Cl. The number of nitrogens with two attached hydrogens (primary N) is 1. The summed E-state index contributed by atoms with van der Waals surface area (Å²) in [6.07, 6.45) is 2.70. The minimum atomic E-state index is -0.734. The molecule has 0 aromatic heterocycles. The molecule has 7 N–H and O–H groups in total. The van der Waals surface area contributed by atoms with Crippen molar-refractivity contribution in [3.63, 3.8) is 0 Å². The number of hydrogen-bond acceptors (Lipinski definition) is 6. The van der Waals surface area contributed by atoms with Crippen LogP contribution in [0.1, 0.15) is 19.4 Å². The van der Waals surface area contributed by atoms with Crippen molar-refractivity contribution < 1.29 is 24.9 Å². The van der Waals surface area contributed by atoms with Crippen LogP contribution < -0.4 is 16.4 Å². The van der Waals surface area contributed by atoms with Crippen molar-refractivity contribution >= 4 is 41.7 Å². The smallest absolute Gasteiger partial charge is 0.248 e. The van der Waals surface area contributed by atoms with Crippen molar-refractivity contribution in [3.05, 3.63) is 48.0 Å². The third kappa shape index (κ3) is 6.70. The molecule has 2 rings (SSSR count). The van der Waals surface area contributed by atoms with Gasteiger partial charge in [0, 0.05) is 11.8 Å². The van der Waals surface area contributed by atoms with E-state index in [0.29, 0.717) is 11.3 Å². The molecule has 2 aromatic carbocycles. The lowest BCUT2D eigenvalue weighted by molar-refractivity contribution is -0.118. The first-order chi connectivity index (χ1) is 13.2. The quantitative estimate of drug-likeness (QED) is 0.240. The first-order valence-corrected chi connectivity index (χ1v) is 8.58. The number of amides is 2. The van der Waals surface area contributed by atoms with E-state index >= 15 is 0 Å². The second-order valence-corrected chi connectivity index (χ2v) is 6.56. The summed E-state index contributed by atoms with van der Waals surface area (Å²) in [5.74, 6) is -1.68. The van der Waals surface area contributed by atoms with E-state index in [2.05, 4.69) is 10.6 Å². The van der Waals surface area contributed by atoms with E-state index in [4.69, 9.17) is 5.73 Å². The molecule has 2 amide bonds. The fourth-order valence-electron chi connectivity index (χ4n) is 2.23. The number of anilines is 2. The van der Waals surface area contributed by atoms with E-state index < -0.39 is 17.9 Å². The number of aromatic hydroxyl groups is 3. The summed E-state index contributed by atoms with van der Waals surface area (Å²) in [7, 11) is 0. The maximum Gasteiger partial charge on any atom is 0.248 e. The number of phenols is 3. The minimum absolute atomic E-state index is 0. The lowest BCUT2D eigenvalue weighted by Gasteiger charge is -2.16. The molecular formula is C20H24ClN3O5. The Morgan fingerprint density at radius 2 is 1.62 bits per heavy atom. The zero-order chi connectivity index (χ0) is 20.8. The molecule has 1 atom stereocenters. The van der Waals surface area contributed by atoms with Crippen LogP contribution >= 0.6 is 12.4 Å². The summed E-state index contributed by atoms with van der Waals surface area (Å²) in [5.41, 5.74) is 6.79. The van der Waals surface area contributed by atoms with Crippen LogP contribution in [0.3, 0.4) is 0 Å². The monoisotopic (exact) mass is 421 g/mol. The Labute approximate surface area is 174 Å². The Bertz CT molecular complexity index is 915. The number of nitrogens with one attached hydrogen (secondary N) is 2. The number of hydrogen-bond donors (Lipinski definition) is 6. The Morgan fingerprint density at radius 3 is 2.24 bits per heavy atom. The first-order valence-electron chi connectivity index (χ1n) is 8.58. The third-order valence-corrected chi connectivity index (χ3v) is 3.97. The fourth-order valence-corrected chi connectivity index (χ4v) is 2.23. The Balaban J connectivity index is 0.00000420. The molecule has 0 aliphatic carbocycles. The minimum Gasteiger partial charge on any atom is -0.506 e. The molecule has 156 valence electrons. The molecule has 0 fully saturated rings. The van der Waals surface area contributed by atoms with Gasteiger partial charge >= 0.3 is 0 Å². The summed E-state index contributed by atoms with van der Waals surface area (Å²) in [6, 6.07) is 7.65. The van der Waals surface area contributed by atoms with Gasteiger partial charge in [-0.25, -0.2) is 0 Å². The van der Waals surface area contributed by atoms with Gasteiger partial charge in [0.25, 0.3) is 0 Å². The molecule has 2 aromatic rings. The van der Waals surface area contributed by atoms with E-state index in [0.717, 1.165) is 0 Å². The molecule has 0 saturated carbocycles. The van der Waals surface area contributed by atoms with E-state index in [1.54, 1.807) is 13.8 Å². The predicted octanol–water partition coefficient (Wildman–Crippen LogP) is 2.80. The Morgan fingerprint density at radius 1 is 0.966 bits per heavy atom. The summed E-state index contributed by atoms with van der Waals surface area (Å²) in [5, 5.41) is 33.8. The van der Waals surface area contributed by atoms with Crippen LogP contribution in [0.15, 0.2) is 42.5 Å². The molecule has 0 aliphatic rings. The highest BCUT2D eigenvalue weighted by Gasteiger charge is 2.18. The van der Waals surface area contributed by atoms with Gasteiger partial charge in [-0.2, -0.15) is 0 Å². The van der Waals surface area contributed by atoms with Crippen molar-refractivity contribution in [2.75, 3.05) is 10.6 Å². The Kier molecular flexibility index (Phi) is 8.50. The lowest BCUT2D eigenvalue weighted by Crippen LogP contribution is -2.39. The standard InChI is InChI=1S/C20H23N3O5.ClH/c1-11(2)19(21)20(28)23-14-10-13(5-7-15(14)24)22-18(27)8-4-12-3-6-16(25)17(26)9-12;/h3-11,19,24-26H,21H2,1-2H3,(H,22,27)(H,23,28);1H/b8-4+;/t19-;/m0./s1. The molecule has 0 aliphatic heterocycles. The van der Waals surface area contributed by atoms with Crippen LogP contribution in [0, 0.1) is 5.92 Å². The average molecular weight is 422 g/mol. The molecule has 0 heterocycles. The van der Waals surface area contributed by atoms with Crippen molar-refractivity contribution in [3.8, 4) is 17.2 Å². The molecule has 0 radical (unpaired) electrons. The van der Waals surface area contributed by atoms with Gasteiger partial charge < -0.3 is 31.7 Å². The van der Waals surface area contributed by atoms with E-state index in [9.17, 15) is 24.9 Å². The van der Waals surface area contributed by atoms with Gasteiger partial charge in [0.05, 0.1) is 11.7 Å². The maximum atomic E-state index is 12.1. The van der Waals surface area contributed by atoms with Crippen molar-refractivity contribution in [1.82, 2.24) is 0 Å². The Hall–Kier alpha value is -3.23. The van der Waals surface area contributed by atoms with Crippen LogP contribution in [0.4, 0.5) is 11.4 Å². The van der Waals surface area contributed by atoms with Crippen molar-refractivity contribution in [1.29, 1.82) is 0 Å². The average Bonchev–Trinajstić information content (AvgIpc) is 2.64. The molecule has 29 heavy (non-hydrogen) atoms. The molecule has 0 saturated heterocycles. The second-order valence-electron chi connectivity index (χ2n) is 6.56. The van der Waals surface area contributed by atoms with Gasteiger partial charge in [-0.3, -0.25) is 9.59 Å². The van der Waals surface area contributed by atoms with E-state index in [1.807, 2.05) is 0 Å². The largest absolute Gasteiger partial charge is 0.506 e. The molecule has 9 heteroatoms. The lowest BCUT2D eigenvalue weighted by atomic mass is 10.0. The molecule has 0 bridgehead atoms. The molecular weight excluding hydrogens is 398 g/mol. The normalized spacial score (nSPS) is 11.7. The molecule has 8 nitrogen and oxygen atoms in total. The summed E-state index contributed by atoms with van der Waals surface area (Å²) in [4.78, 5) is 24.1. The van der Waals surface area contributed by atoms with Crippen LogP contribution in [0.5, 0.6) is 17.2 Å². The number of benzene rings is 2. The third-order valence-electron chi connectivity index (χ3n) is 3.97. The number of phenolic OH excluding ortho intramolecular Hbond substituents is 3. The predicted molar refractivity (Wildman–Crippen MR) is 114 cm³/mol. The van der Waals surface area contributed by atoms with E-state index in [-0.39, 0.29) is 41.3 Å². The topological polar surface area (TPSA) is 145 Å². The number of carbonyl (C=O) groups is 2. The number of halogens is 1. The van der Waals surface area contributed by atoms with Gasteiger partial charge in [0.15, 0.2) is 11.5 Å². The maximum absolute atomic E-state index is 12.1. The highest BCUT2D eigenvalue weighted by Crippen LogP contribution is 2.27. The number of carbonyl (C=O) groups excluding carboxylic acids is 2. The van der Waals surface area contributed by atoms with Crippen LogP contribution in [0.2, 0.25) is 0 Å². The summed E-state index contributed by atoms with van der Waals surface area (Å²) < 4.78 is 0. The summed E-state index contributed by atoms with van der Waals surface area (Å²) >= 11 is 0. The van der Waals surface area contributed by atoms with Crippen molar-refractivity contribution in [2.24, 2.45) is 11.7 Å². The fraction of sp³-hybridized carbons (Fsp3) is 0.200. The van der Waals surface area contributed by atoms with Gasteiger partial charge in [0.2, 0.25) is 11.8 Å². The number of rotatable bonds is 6. The summed E-state index contributed by atoms with van der Waals surface area (Å²) in [6.45, 7) is 3.61. The molecule has 0 unspecified atom stereocenters. The zero-order valence-corrected chi connectivity index (χ0v) is 16.7. The van der Waals surface area contributed by atoms with Crippen LogP contribution in [-0.4, -0.2) is 33.2 Å². The second kappa shape index (κ2) is 10.4. The highest BCUT2D eigenvalue weighted by atomic mass is 35.5. The van der Waals surface area contributed by atoms with Gasteiger partial charge in [-0.05, 0) is 47.9 Å². The first kappa shape index (κ1) is 23.8. The molecule has 0 spiro atoms. The van der Waals surface area contributed by atoms with Crippen LogP contribution in [-0.2, 0) is 9.59 Å².